The minimum Gasteiger partial charge on any atom is -0.447 e. The summed E-state index contributed by atoms with van der Waals surface area (Å²) < 4.78 is 17.8. The maximum atomic E-state index is 13.2. The molecule has 0 saturated heterocycles. The third-order valence-corrected chi connectivity index (χ3v) is 2.25. The number of nitrogens with one attached hydrogen (secondary N) is 1. The number of carbonyl (C=O) groups is 1. The van der Waals surface area contributed by atoms with Crippen LogP contribution in [0.1, 0.15) is 6.92 Å². The summed E-state index contributed by atoms with van der Waals surface area (Å²) in [5.74, 6) is -0.397. The van der Waals surface area contributed by atoms with Gasteiger partial charge in [-0.3, -0.25) is 10.6 Å². The van der Waals surface area contributed by atoms with Gasteiger partial charge in [-0.2, -0.15) is 0 Å². The van der Waals surface area contributed by atoms with Crippen LogP contribution in [0.25, 0.3) is 10.9 Å². The minimum atomic E-state index is -0.995. The molecule has 0 bridgehead atoms. The Morgan fingerprint density at radius 1 is 1.53 bits per heavy atom. The number of rotatable bonds is 3. The lowest BCUT2D eigenvalue weighted by molar-refractivity contribution is -0.0528. The number of hydrogen-bond donors (Lipinski definition) is 2. The summed E-state index contributed by atoms with van der Waals surface area (Å²) in [7, 11) is 0. The van der Waals surface area contributed by atoms with Crippen LogP contribution >= 0.6 is 0 Å². The minimum absolute atomic E-state index is 0.0834. The normalized spacial score (nSPS) is 10.3. The zero-order valence-corrected chi connectivity index (χ0v) is 10.00. The first-order valence-corrected chi connectivity index (χ1v) is 5.44. The van der Waals surface area contributed by atoms with E-state index >= 15 is 0 Å². The average molecular weight is 266 g/mol. The van der Waals surface area contributed by atoms with Crippen LogP contribution in [0.3, 0.4) is 0 Å². The molecule has 0 aliphatic carbocycles. The average Bonchev–Trinajstić information content (AvgIpc) is 2.39. The van der Waals surface area contributed by atoms with Gasteiger partial charge in [0.05, 0.1) is 12.1 Å². The Kier molecular flexibility index (Phi) is 3.71. The van der Waals surface area contributed by atoms with Crippen molar-refractivity contribution < 1.29 is 19.1 Å². The highest BCUT2D eigenvalue weighted by molar-refractivity contribution is 5.89. The molecule has 1 amide bonds. The Morgan fingerprint density at radius 3 is 3.05 bits per heavy atom. The fourth-order valence-electron chi connectivity index (χ4n) is 1.45. The van der Waals surface area contributed by atoms with Gasteiger partial charge >= 0.3 is 6.09 Å². The van der Waals surface area contributed by atoms with Gasteiger partial charge in [0.15, 0.2) is 5.82 Å². The Bertz CT molecular complexity index is 608. The zero-order valence-electron chi connectivity index (χ0n) is 10.00. The molecule has 1 aromatic carbocycles. The molecule has 0 radical (unpaired) electrons. The van der Waals surface area contributed by atoms with Crippen LogP contribution in [-0.2, 0) is 4.74 Å². The van der Waals surface area contributed by atoms with Crippen molar-refractivity contribution in [2.24, 2.45) is 0 Å². The van der Waals surface area contributed by atoms with Crippen molar-refractivity contribution in [3.63, 3.8) is 0 Å². The first-order chi connectivity index (χ1) is 9.11. The summed E-state index contributed by atoms with van der Waals surface area (Å²) in [5.41, 5.74) is 2.76. The maximum Gasteiger partial charge on any atom is 0.453 e. The van der Waals surface area contributed by atoms with E-state index in [-0.39, 0.29) is 17.6 Å². The van der Waals surface area contributed by atoms with Crippen LogP contribution in [-0.4, -0.2) is 33.0 Å². The number of aromatic nitrogens is 2. The van der Waals surface area contributed by atoms with E-state index in [1.54, 1.807) is 6.92 Å². The van der Waals surface area contributed by atoms with Crippen molar-refractivity contribution in [3.05, 3.63) is 30.3 Å². The van der Waals surface area contributed by atoms with E-state index in [4.69, 9.17) is 0 Å². The van der Waals surface area contributed by atoms with Crippen molar-refractivity contribution in [2.45, 2.75) is 6.92 Å². The smallest absolute Gasteiger partial charge is 0.447 e. The molecule has 0 unspecified atom stereocenters. The largest absolute Gasteiger partial charge is 0.453 e. The van der Waals surface area contributed by atoms with Gasteiger partial charge in [0.25, 0.3) is 0 Å². The van der Waals surface area contributed by atoms with Crippen LogP contribution in [0.5, 0.6) is 0 Å². The molecule has 0 saturated carbocycles. The van der Waals surface area contributed by atoms with E-state index in [9.17, 15) is 14.4 Å². The summed E-state index contributed by atoms with van der Waals surface area (Å²) in [6.45, 7) is 1.71. The van der Waals surface area contributed by atoms with Gasteiger partial charge in [0.1, 0.15) is 12.1 Å². The molecule has 19 heavy (non-hydrogen) atoms. The third-order valence-electron chi connectivity index (χ3n) is 2.25. The van der Waals surface area contributed by atoms with E-state index in [2.05, 4.69) is 20.1 Å². The van der Waals surface area contributed by atoms with E-state index in [1.807, 2.05) is 0 Å². The second kappa shape index (κ2) is 5.44. The van der Waals surface area contributed by atoms with Gasteiger partial charge in [-0.1, -0.05) is 5.17 Å². The topological polar surface area (TPSA) is 87.6 Å². The van der Waals surface area contributed by atoms with E-state index < -0.39 is 11.9 Å². The van der Waals surface area contributed by atoms with Crippen molar-refractivity contribution >= 4 is 22.8 Å². The standard InChI is InChI=1S/C11H11FN4O3/c1-2-19-11(17)16(18)15-10-8-5-7(12)3-4-9(8)13-6-14-10/h3-6,18H,2H2,1H3,(H,13,14,15). The SMILES string of the molecule is CCOC(=O)N(O)Nc1ncnc2ccc(F)cc12. The number of fused-ring (bicyclic) bond motifs is 1. The molecular weight excluding hydrogens is 255 g/mol. The van der Waals surface area contributed by atoms with Crippen molar-refractivity contribution in [3.8, 4) is 0 Å². The fourth-order valence-corrected chi connectivity index (χ4v) is 1.45. The van der Waals surface area contributed by atoms with Gasteiger partial charge in [-0.25, -0.2) is 19.2 Å². The van der Waals surface area contributed by atoms with E-state index in [0.717, 1.165) is 0 Å². The quantitative estimate of drug-likeness (QED) is 0.652. The van der Waals surface area contributed by atoms with Crippen molar-refractivity contribution in [1.82, 2.24) is 15.1 Å². The van der Waals surface area contributed by atoms with Gasteiger partial charge < -0.3 is 4.74 Å². The molecule has 0 aliphatic heterocycles. The van der Waals surface area contributed by atoms with Crippen LogP contribution in [0.15, 0.2) is 24.5 Å². The number of amides is 1. The molecule has 0 fully saturated rings. The lowest BCUT2D eigenvalue weighted by Crippen LogP contribution is -2.34. The number of halogens is 1. The Balaban J connectivity index is 2.30. The Labute approximate surface area is 107 Å². The van der Waals surface area contributed by atoms with Crippen molar-refractivity contribution in [1.29, 1.82) is 0 Å². The monoisotopic (exact) mass is 266 g/mol. The highest BCUT2D eigenvalue weighted by Gasteiger charge is 2.14. The molecule has 2 N–H and O–H groups in total. The summed E-state index contributed by atoms with van der Waals surface area (Å²) in [4.78, 5) is 19.0. The van der Waals surface area contributed by atoms with Gasteiger partial charge in [0.2, 0.25) is 0 Å². The molecule has 0 aliphatic rings. The number of hydroxylamine groups is 1. The Hall–Kier alpha value is -2.48. The lowest BCUT2D eigenvalue weighted by atomic mass is 10.2. The molecule has 0 spiro atoms. The van der Waals surface area contributed by atoms with Crippen LogP contribution in [0, 0.1) is 5.82 Å². The first-order valence-electron chi connectivity index (χ1n) is 5.44. The van der Waals surface area contributed by atoms with Crippen LogP contribution in [0.4, 0.5) is 15.0 Å². The van der Waals surface area contributed by atoms with E-state index in [0.29, 0.717) is 10.9 Å². The number of hydrazine groups is 1. The number of benzene rings is 1. The second-order valence-corrected chi connectivity index (χ2v) is 3.51. The fraction of sp³-hybridized carbons (Fsp3) is 0.182. The van der Waals surface area contributed by atoms with Gasteiger partial charge in [-0.05, 0) is 25.1 Å². The molecule has 2 rings (SSSR count). The molecule has 7 nitrogen and oxygen atoms in total. The zero-order chi connectivity index (χ0) is 13.8. The highest BCUT2D eigenvalue weighted by atomic mass is 19.1. The summed E-state index contributed by atoms with van der Waals surface area (Å²) in [6, 6.07) is 3.90. The molecule has 100 valence electrons. The predicted molar refractivity (Wildman–Crippen MR) is 63.8 cm³/mol. The lowest BCUT2D eigenvalue weighted by Gasteiger charge is -2.16. The van der Waals surface area contributed by atoms with Gasteiger partial charge in [-0.15, -0.1) is 0 Å². The number of hydrogen-bond acceptors (Lipinski definition) is 6. The van der Waals surface area contributed by atoms with Crippen LogP contribution < -0.4 is 5.43 Å². The molecule has 1 aromatic heterocycles. The maximum absolute atomic E-state index is 13.2. The first kappa shape index (κ1) is 13.0. The third kappa shape index (κ3) is 2.86. The number of carbonyl (C=O) groups excluding carboxylic acids is 1. The van der Waals surface area contributed by atoms with Gasteiger partial charge in [0, 0.05) is 5.39 Å². The summed E-state index contributed by atoms with van der Waals surface area (Å²) in [6.07, 6.45) is 0.229. The highest BCUT2D eigenvalue weighted by Crippen LogP contribution is 2.20. The molecule has 2 aromatic rings. The van der Waals surface area contributed by atoms with E-state index in [1.165, 1.54) is 24.5 Å². The Morgan fingerprint density at radius 2 is 2.32 bits per heavy atom. The van der Waals surface area contributed by atoms with Crippen LogP contribution in [0.2, 0.25) is 0 Å². The predicted octanol–water partition coefficient (Wildman–Crippen LogP) is 1.94. The number of anilines is 1. The summed E-state index contributed by atoms with van der Waals surface area (Å²) in [5, 5.41) is 9.88. The molecule has 8 heteroatoms. The van der Waals surface area contributed by atoms with Crippen molar-refractivity contribution in [2.75, 3.05) is 12.0 Å². The molecule has 0 atom stereocenters. The molecular formula is C11H11FN4O3. The number of ether oxygens (including phenoxy) is 1. The summed E-state index contributed by atoms with van der Waals surface area (Å²) >= 11 is 0. The second-order valence-electron chi connectivity index (χ2n) is 3.51. The molecule has 1 heterocycles. The number of nitrogens with zero attached hydrogens (tertiary/aromatic N) is 3.